The van der Waals surface area contributed by atoms with Crippen molar-refractivity contribution < 1.29 is 4.39 Å². The monoisotopic (exact) mass is 330 g/mol. The Labute approximate surface area is 121 Å². The van der Waals surface area contributed by atoms with Gasteiger partial charge in [-0.15, -0.1) is 0 Å². The van der Waals surface area contributed by atoms with E-state index in [0.29, 0.717) is 5.41 Å². The minimum absolute atomic E-state index is 0.222. The molecule has 2 aliphatic rings. The predicted molar refractivity (Wildman–Crippen MR) is 76.8 cm³/mol. The van der Waals surface area contributed by atoms with Crippen molar-refractivity contribution >= 4 is 27.5 Å². The number of benzene rings is 1. The van der Waals surface area contributed by atoms with Crippen LogP contribution in [0, 0.1) is 23.1 Å². The van der Waals surface area contributed by atoms with Gasteiger partial charge in [0.15, 0.2) is 0 Å². The Bertz CT molecular complexity index is 462. The van der Waals surface area contributed by atoms with Gasteiger partial charge in [-0.1, -0.05) is 40.0 Å². The van der Waals surface area contributed by atoms with Gasteiger partial charge in [-0.25, -0.2) is 4.39 Å². The summed E-state index contributed by atoms with van der Waals surface area (Å²) in [4.78, 5) is 0. The van der Waals surface area contributed by atoms with E-state index in [4.69, 9.17) is 11.6 Å². The Morgan fingerprint density at radius 3 is 2.78 bits per heavy atom. The van der Waals surface area contributed by atoms with E-state index in [0.717, 1.165) is 29.2 Å². The highest BCUT2D eigenvalue weighted by atomic mass is 79.9. The predicted octanol–water partition coefficient (Wildman–Crippen LogP) is 5.22. The molecule has 0 radical (unpaired) electrons. The van der Waals surface area contributed by atoms with Gasteiger partial charge in [0.1, 0.15) is 5.82 Å². The largest absolute Gasteiger partial charge is 0.205 e. The molecule has 2 bridgehead atoms. The Morgan fingerprint density at radius 1 is 1.39 bits per heavy atom. The van der Waals surface area contributed by atoms with Crippen LogP contribution in [0.4, 0.5) is 4.39 Å². The molecule has 3 heteroatoms. The van der Waals surface area contributed by atoms with Crippen LogP contribution in [-0.2, 0) is 6.42 Å². The van der Waals surface area contributed by atoms with Crippen LogP contribution < -0.4 is 0 Å². The van der Waals surface area contributed by atoms with Crippen LogP contribution in [0.5, 0.6) is 0 Å². The molecule has 0 N–H and O–H groups in total. The first-order valence-electron chi connectivity index (χ1n) is 6.63. The number of hydrogen-bond acceptors (Lipinski definition) is 0. The number of halogens is 3. The van der Waals surface area contributed by atoms with E-state index in [-0.39, 0.29) is 10.8 Å². The number of rotatable bonds is 3. The molecule has 2 fully saturated rings. The summed E-state index contributed by atoms with van der Waals surface area (Å²) in [7, 11) is 0. The SMILES string of the molecule is Fc1cc(CC2(CBr)CC3CCC2C3)ccc1Cl. The lowest BCUT2D eigenvalue weighted by Crippen LogP contribution is -2.32. The quantitative estimate of drug-likeness (QED) is 0.666. The van der Waals surface area contributed by atoms with Crippen molar-refractivity contribution in [2.75, 3.05) is 5.33 Å². The lowest BCUT2D eigenvalue weighted by molar-refractivity contribution is 0.197. The molecule has 0 spiro atoms. The maximum atomic E-state index is 13.5. The van der Waals surface area contributed by atoms with Crippen molar-refractivity contribution in [3.63, 3.8) is 0 Å². The minimum Gasteiger partial charge on any atom is -0.205 e. The van der Waals surface area contributed by atoms with Crippen LogP contribution in [-0.4, -0.2) is 5.33 Å². The van der Waals surface area contributed by atoms with Crippen molar-refractivity contribution in [1.82, 2.24) is 0 Å². The molecule has 0 aliphatic heterocycles. The zero-order chi connectivity index (χ0) is 12.8. The zero-order valence-corrected chi connectivity index (χ0v) is 12.6. The van der Waals surface area contributed by atoms with Gasteiger partial charge in [0.05, 0.1) is 5.02 Å². The molecule has 2 saturated carbocycles. The molecule has 3 atom stereocenters. The van der Waals surface area contributed by atoms with Crippen LogP contribution in [0.2, 0.25) is 5.02 Å². The van der Waals surface area contributed by atoms with Gasteiger partial charge in [-0.05, 0) is 60.6 Å². The summed E-state index contributed by atoms with van der Waals surface area (Å²) in [5.41, 5.74) is 1.44. The second-order valence-electron chi connectivity index (χ2n) is 6.00. The fraction of sp³-hybridized carbons (Fsp3) is 0.600. The number of alkyl halides is 1. The Morgan fingerprint density at radius 2 is 2.22 bits per heavy atom. The molecule has 0 amide bonds. The van der Waals surface area contributed by atoms with Crippen LogP contribution in [0.1, 0.15) is 31.2 Å². The standard InChI is InChI=1S/C15H17BrClF/c16-9-15(7-10-1-3-12(15)5-10)8-11-2-4-13(17)14(18)6-11/h2,4,6,10,12H,1,3,5,7-9H2. The lowest BCUT2D eigenvalue weighted by Gasteiger charge is -2.36. The van der Waals surface area contributed by atoms with Crippen LogP contribution in [0.25, 0.3) is 0 Å². The summed E-state index contributed by atoms with van der Waals surface area (Å²) >= 11 is 9.45. The van der Waals surface area contributed by atoms with Crippen molar-refractivity contribution in [3.8, 4) is 0 Å². The summed E-state index contributed by atoms with van der Waals surface area (Å²) in [6.45, 7) is 0. The van der Waals surface area contributed by atoms with Crippen molar-refractivity contribution in [1.29, 1.82) is 0 Å². The third kappa shape index (κ3) is 2.12. The molecule has 0 nitrogen and oxygen atoms in total. The highest BCUT2D eigenvalue weighted by Gasteiger charge is 2.49. The summed E-state index contributed by atoms with van der Waals surface area (Å²) in [6, 6.07) is 5.27. The Hall–Kier alpha value is -0.0800. The smallest absolute Gasteiger partial charge is 0.142 e. The van der Waals surface area contributed by atoms with Gasteiger partial charge < -0.3 is 0 Å². The molecule has 3 rings (SSSR count). The van der Waals surface area contributed by atoms with Crippen LogP contribution >= 0.6 is 27.5 Å². The summed E-state index contributed by atoms with van der Waals surface area (Å²) in [5, 5.41) is 1.25. The van der Waals surface area contributed by atoms with Crippen LogP contribution in [0.15, 0.2) is 18.2 Å². The maximum Gasteiger partial charge on any atom is 0.142 e. The molecular formula is C15H17BrClF. The summed E-state index contributed by atoms with van der Waals surface area (Å²) < 4.78 is 13.5. The molecule has 98 valence electrons. The van der Waals surface area contributed by atoms with Gasteiger partial charge in [-0.3, -0.25) is 0 Å². The fourth-order valence-corrected chi connectivity index (χ4v) is 5.04. The minimum atomic E-state index is -0.290. The third-order valence-corrected chi connectivity index (χ3v) is 6.33. The molecule has 0 aromatic heterocycles. The van der Waals surface area contributed by atoms with Gasteiger partial charge in [0.25, 0.3) is 0 Å². The summed E-state index contributed by atoms with van der Waals surface area (Å²) in [5.74, 6) is 1.44. The van der Waals surface area contributed by atoms with E-state index in [1.807, 2.05) is 6.07 Å². The van der Waals surface area contributed by atoms with Gasteiger partial charge in [0.2, 0.25) is 0 Å². The lowest BCUT2D eigenvalue weighted by atomic mass is 9.71. The highest BCUT2D eigenvalue weighted by Crippen LogP contribution is 2.58. The molecule has 2 aliphatic carbocycles. The van der Waals surface area contributed by atoms with E-state index < -0.39 is 0 Å². The third-order valence-electron chi connectivity index (χ3n) is 4.91. The van der Waals surface area contributed by atoms with Gasteiger partial charge in [-0.2, -0.15) is 0 Å². The van der Waals surface area contributed by atoms with E-state index in [2.05, 4.69) is 15.9 Å². The van der Waals surface area contributed by atoms with E-state index in [1.165, 1.54) is 25.7 Å². The Kier molecular flexibility index (Phi) is 3.44. The molecule has 18 heavy (non-hydrogen) atoms. The average Bonchev–Trinajstić information content (AvgIpc) is 2.94. The second-order valence-corrected chi connectivity index (χ2v) is 6.97. The van der Waals surface area contributed by atoms with Crippen LogP contribution in [0.3, 0.4) is 0 Å². The van der Waals surface area contributed by atoms with Crippen molar-refractivity contribution in [2.45, 2.75) is 32.1 Å². The highest BCUT2D eigenvalue weighted by molar-refractivity contribution is 9.09. The molecule has 0 saturated heterocycles. The zero-order valence-electron chi connectivity index (χ0n) is 10.3. The maximum absolute atomic E-state index is 13.5. The fourth-order valence-electron chi connectivity index (χ4n) is 4.04. The first-order valence-corrected chi connectivity index (χ1v) is 8.13. The first-order chi connectivity index (χ1) is 8.63. The number of hydrogen-bond donors (Lipinski definition) is 0. The normalized spacial score (nSPS) is 34.2. The van der Waals surface area contributed by atoms with Crippen molar-refractivity contribution in [2.24, 2.45) is 17.3 Å². The Balaban J connectivity index is 1.84. The number of fused-ring (bicyclic) bond motifs is 2. The van der Waals surface area contributed by atoms with E-state index >= 15 is 0 Å². The van der Waals surface area contributed by atoms with E-state index in [1.54, 1.807) is 12.1 Å². The molecule has 1 aromatic carbocycles. The second kappa shape index (κ2) is 4.79. The van der Waals surface area contributed by atoms with Crippen molar-refractivity contribution in [3.05, 3.63) is 34.6 Å². The molecule has 1 aromatic rings. The topological polar surface area (TPSA) is 0 Å². The average molecular weight is 332 g/mol. The van der Waals surface area contributed by atoms with Gasteiger partial charge in [0, 0.05) is 5.33 Å². The van der Waals surface area contributed by atoms with E-state index in [9.17, 15) is 4.39 Å². The summed E-state index contributed by atoms with van der Waals surface area (Å²) in [6.07, 6.45) is 6.41. The molecule has 3 unspecified atom stereocenters. The molecular weight excluding hydrogens is 315 g/mol. The first kappa shape index (κ1) is 12.9. The van der Waals surface area contributed by atoms with Gasteiger partial charge >= 0.3 is 0 Å². The molecule has 0 heterocycles.